The van der Waals surface area contributed by atoms with Gasteiger partial charge in [-0.05, 0) is 44.5 Å². The average Bonchev–Trinajstić information content (AvgIpc) is 3.10. The molecule has 0 saturated carbocycles. The van der Waals surface area contributed by atoms with E-state index in [0.29, 0.717) is 24.8 Å². The number of nitrogens with zero attached hydrogens (tertiary/aromatic N) is 2. The number of aromatic nitrogens is 1. The number of benzene rings is 1. The molecule has 1 N–H and O–H groups in total. The third-order valence-corrected chi connectivity index (χ3v) is 7.68. The van der Waals surface area contributed by atoms with Crippen molar-refractivity contribution < 1.29 is 17.9 Å². The second kappa shape index (κ2) is 8.08. The lowest BCUT2D eigenvalue weighted by atomic mass is 10.0. The summed E-state index contributed by atoms with van der Waals surface area (Å²) >= 11 is 0. The van der Waals surface area contributed by atoms with E-state index in [-0.39, 0.29) is 23.8 Å². The second-order valence-electron chi connectivity index (χ2n) is 8.36. The summed E-state index contributed by atoms with van der Waals surface area (Å²) in [6.45, 7) is 6.50. The number of piperidine rings is 1. The summed E-state index contributed by atoms with van der Waals surface area (Å²) in [6.07, 6.45) is 2.87. The molecule has 0 aliphatic carbocycles. The molecule has 1 aromatic heterocycles. The van der Waals surface area contributed by atoms with Crippen molar-refractivity contribution in [3.63, 3.8) is 0 Å². The minimum atomic E-state index is -2.89. The number of aromatic amines is 1. The standard InChI is InChI=1S/C21H29N3O4S/c1-15(2)24-6-5-19(13-21(24)23-7-9-29(26,27)10-8-23)28-18-3-4-20-16(12-18)11-17(14-25)22-20/h3-4,11-12,14-15,19,21-22H,5-10,13H2,1-2H3. The smallest absolute Gasteiger partial charge is 0.166 e. The van der Waals surface area contributed by atoms with Crippen LogP contribution in [-0.2, 0) is 9.84 Å². The number of hydrogen-bond acceptors (Lipinski definition) is 6. The summed E-state index contributed by atoms with van der Waals surface area (Å²) < 4.78 is 30.0. The monoisotopic (exact) mass is 419 g/mol. The van der Waals surface area contributed by atoms with Gasteiger partial charge in [0, 0.05) is 43.0 Å². The molecule has 158 valence electrons. The van der Waals surface area contributed by atoms with E-state index < -0.39 is 9.84 Å². The molecule has 2 unspecified atom stereocenters. The number of likely N-dealkylation sites (tertiary alicyclic amines) is 1. The number of ether oxygens (including phenoxy) is 1. The summed E-state index contributed by atoms with van der Waals surface area (Å²) in [5.41, 5.74) is 1.48. The Hall–Kier alpha value is -1.90. The van der Waals surface area contributed by atoms with Crippen LogP contribution in [0.4, 0.5) is 0 Å². The number of carbonyl (C=O) groups excluding carboxylic acids is 1. The van der Waals surface area contributed by atoms with Crippen LogP contribution < -0.4 is 4.74 Å². The van der Waals surface area contributed by atoms with Crippen LogP contribution in [0.5, 0.6) is 5.75 Å². The Morgan fingerprint density at radius 3 is 2.62 bits per heavy atom. The van der Waals surface area contributed by atoms with Gasteiger partial charge in [0.05, 0.1) is 23.4 Å². The Morgan fingerprint density at radius 2 is 1.93 bits per heavy atom. The highest BCUT2D eigenvalue weighted by Gasteiger charge is 2.37. The molecule has 3 heterocycles. The van der Waals surface area contributed by atoms with Crippen molar-refractivity contribution in [2.24, 2.45) is 0 Å². The van der Waals surface area contributed by atoms with Crippen molar-refractivity contribution in [1.29, 1.82) is 0 Å². The number of sulfone groups is 1. The molecule has 0 radical (unpaired) electrons. The lowest BCUT2D eigenvalue weighted by Gasteiger charge is -2.47. The van der Waals surface area contributed by atoms with Crippen LogP contribution >= 0.6 is 0 Å². The third-order valence-electron chi connectivity index (χ3n) is 6.07. The highest BCUT2D eigenvalue weighted by molar-refractivity contribution is 7.91. The van der Waals surface area contributed by atoms with Crippen molar-refractivity contribution in [2.75, 3.05) is 31.1 Å². The molecule has 1 aromatic carbocycles. The zero-order chi connectivity index (χ0) is 20.6. The van der Waals surface area contributed by atoms with Gasteiger partial charge in [0.25, 0.3) is 0 Å². The summed E-state index contributed by atoms with van der Waals surface area (Å²) in [4.78, 5) is 18.8. The molecule has 8 heteroatoms. The Bertz CT molecular complexity index is 971. The maximum Gasteiger partial charge on any atom is 0.166 e. The molecular formula is C21H29N3O4S. The van der Waals surface area contributed by atoms with Gasteiger partial charge in [-0.3, -0.25) is 14.6 Å². The van der Waals surface area contributed by atoms with Gasteiger partial charge in [-0.15, -0.1) is 0 Å². The van der Waals surface area contributed by atoms with Gasteiger partial charge in [0.2, 0.25) is 0 Å². The first kappa shape index (κ1) is 20.4. The van der Waals surface area contributed by atoms with Gasteiger partial charge < -0.3 is 9.72 Å². The lowest BCUT2D eigenvalue weighted by Crippen LogP contribution is -2.59. The van der Waals surface area contributed by atoms with Gasteiger partial charge in [-0.2, -0.15) is 0 Å². The molecular weight excluding hydrogens is 390 g/mol. The van der Waals surface area contributed by atoms with Crippen molar-refractivity contribution in [3.05, 3.63) is 30.0 Å². The summed E-state index contributed by atoms with van der Waals surface area (Å²) in [5, 5.41) is 0.960. The van der Waals surface area contributed by atoms with E-state index in [1.807, 2.05) is 24.3 Å². The maximum absolute atomic E-state index is 11.8. The number of fused-ring (bicyclic) bond motifs is 1. The van der Waals surface area contributed by atoms with E-state index in [1.165, 1.54) is 0 Å². The quantitative estimate of drug-likeness (QED) is 0.749. The second-order valence-corrected chi connectivity index (χ2v) is 10.7. The first-order chi connectivity index (χ1) is 13.8. The van der Waals surface area contributed by atoms with Crippen LogP contribution in [0.3, 0.4) is 0 Å². The van der Waals surface area contributed by atoms with Crippen molar-refractivity contribution >= 4 is 27.0 Å². The number of carbonyl (C=O) groups is 1. The van der Waals surface area contributed by atoms with Crippen LogP contribution in [0.15, 0.2) is 24.3 Å². The largest absolute Gasteiger partial charge is 0.490 e. The average molecular weight is 420 g/mol. The van der Waals surface area contributed by atoms with Gasteiger partial charge in [-0.25, -0.2) is 8.42 Å². The predicted octanol–water partition coefficient (Wildman–Crippen LogP) is 2.29. The minimum Gasteiger partial charge on any atom is -0.490 e. The molecule has 2 aliphatic rings. The molecule has 7 nitrogen and oxygen atoms in total. The van der Waals surface area contributed by atoms with E-state index in [4.69, 9.17) is 4.74 Å². The van der Waals surface area contributed by atoms with Crippen molar-refractivity contribution in [1.82, 2.24) is 14.8 Å². The summed E-state index contributed by atoms with van der Waals surface area (Å²) in [5.74, 6) is 1.28. The van der Waals surface area contributed by atoms with Crippen LogP contribution in [0.1, 0.15) is 37.2 Å². The molecule has 0 spiro atoms. The number of rotatable bonds is 5. The number of H-pyrrole nitrogens is 1. The van der Waals surface area contributed by atoms with Crippen molar-refractivity contribution in [3.8, 4) is 5.75 Å². The van der Waals surface area contributed by atoms with E-state index in [2.05, 4.69) is 28.6 Å². The fraction of sp³-hybridized carbons (Fsp3) is 0.571. The molecule has 0 bridgehead atoms. The van der Waals surface area contributed by atoms with E-state index in [0.717, 1.165) is 42.3 Å². The topological polar surface area (TPSA) is 82.7 Å². The molecule has 0 amide bonds. The van der Waals surface area contributed by atoms with Crippen LogP contribution in [0, 0.1) is 0 Å². The van der Waals surface area contributed by atoms with Crippen molar-refractivity contribution in [2.45, 2.75) is 45.0 Å². The zero-order valence-corrected chi connectivity index (χ0v) is 17.8. The van der Waals surface area contributed by atoms with Gasteiger partial charge in [-0.1, -0.05) is 0 Å². The molecule has 4 rings (SSSR count). The van der Waals surface area contributed by atoms with E-state index in [9.17, 15) is 13.2 Å². The van der Waals surface area contributed by atoms with Crippen LogP contribution in [0.2, 0.25) is 0 Å². The Morgan fingerprint density at radius 1 is 1.17 bits per heavy atom. The number of nitrogens with one attached hydrogen (secondary N) is 1. The normalized spacial score (nSPS) is 26.0. The van der Waals surface area contributed by atoms with Gasteiger partial charge in [0.15, 0.2) is 16.1 Å². The third kappa shape index (κ3) is 4.49. The summed E-state index contributed by atoms with van der Waals surface area (Å²) in [6, 6.07) is 8.07. The Labute approximate surface area is 171 Å². The van der Waals surface area contributed by atoms with Crippen LogP contribution in [0.25, 0.3) is 10.9 Å². The van der Waals surface area contributed by atoms with Gasteiger partial charge in [0.1, 0.15) is 11.9 Å². The molecule has 2 saturated heterocycles. The van der Waals surface area contributed by atoms with E-state index >= 15 is 0 Å². The zero-order valence-electron chi connectivity index (χ0n) is 17.0. The highest BCUT2D eigenvalue weighted by Crippen LogP contribution is 2.29. The number of hydrogen-bond donors (Lipinski definition) is 1. The minimum absolute atomic E-state index is 0.0791. The predicted molar refractivity (Wildman–Crippen MR) is 113 cm³/mol. The fourth-order valence-electron chi connectivity index (χ4n) is 4.49. The SMILES string of the molecule is CC(C)N1CCC(Oc2ccc3[nH]c(C=O)cc3c2)CC1N1CCS(=O)(=O)CC1. The molecule has 2 atom stereocenters. The molecule has 29 heavy (non-hydrogen) atoms. The first-order valence-corrected chi connectivity index (χ1v) is 12.1. The molecule has 2 aromatic rings. The van der Waals surface area contributed by atoms with E-state index in [1.54, 1.807) is 0 Å². The Kier molecular flexibility index (Phi) is 5.68. The highest BCUT2D eigenvalue weighted by atomic mass is 32.2. The van der Waals surface area contributed by atoms with Crippen LogP contribution in [-0.4, -0.2) is 78.9 Å². The van der Waals surface area contributed by atoms with Gasteiger partial charge >= 0.3 is 0 Å². The molecule has 2 fully saturated rings. The molecule has 2 aliphatic heterocycles. The maximum atomic E-state index is 11.8. The Balaban J connectivity index is 1.48. The number of aldehydes is 1. The summed E-state index contributed by atoms with van der Waals surface area (Å²) in [7, 11) is -2.89. The lowest BCUT2D eigenvalue weighted by molar-refractivity contribution is -0.0407. The fourth-order valence-corrected chi connectivity index (χ4v) is 5.72. The first-order valence-electron chi connectivity index (χ1n) is 10.3.